The van der Waals surface area contributed by atoms with E-state index < -0.39 is 0 Å². The predicted octanol–water partition coefficient (Wildman–Crippen LogP) is 3.70. The van der Waals surface area contributed by atoms with Gasteiger partial charge in [0.05, 0.1) is 6.54 Å². The average molecular weight is 372 g/mol. The molecule has 26 heavy (non-hydrogen) atoms. The third-order valence-corrected chi connectivity index (χ3v) is 4.10. The standard InChI is InChI=1S/C19H18ClN3O3/c1-12-4-3-5-14(8-12)19-22-18(26-23-19)10-21-17(24)11-25-15-6-7-16(20)13(2)9-15/h3-9H,10-11H2,1-2H3,(H,21,24). The molecule has 1 N–H and O–H groups in total. The number of aryl methyl sites for hydroxylation is 2. The van der Waals surface area contributed by atoms with Gasteiger partial charge >= 0.3 is 0 Å². The van der Waals surface area contributed by atoms with Crippen molar-refractivity contribution in [2.45, 2.75) is 20.4 Å². The molecule has 1 amide bonds. The van der Waals surface area contributed by atoms with Gasteiger partial charge in [-0.3, -0.25) is 4.79 Å². The van der Waals surface area contributed by atoms with Crippen LogP contribution < -0.4 is 10.1 Å². The number of carbonyl (C=O) groups is 1. The molecule has 1 heterocycles. The maximum absolute atomic E-state index is 11.9. The lowest BCUT2D eigenvalue weighted by atomic mass is 10.1. The Hall–Kier alpha value is -2.86. The number of hydrogen-bond donors (Lipinski definition) is 1. The second kappa shape index (κ2) is 8.01. The number of ether oxygens (including phenoxy) is 1. The monoisotopic (exact) mass is 371 g/mol. The molecular formula is C19H18ClN3O3. The Kier molecular flexibility index (Phi) is 5.53. The fraction of sp³-hybridized carbons (Fsp3) is 0.211. The molecule has 134 valence electrons. The first-order valence-corrected chi connectivity index (χ1v) is 8.44. The van der Waals surface area contributed by atoms with Crippen LogP contribution >= 0.6 is 11.6 Å². The first kappa shape index (κ1) is 17.9. The molecule has 3 rings (SSSR count). The van der Waals surface area contributed by atoms with Crippen molar-refractivity contribution >= 4 is 17.5 Å². The quantitative estimate of drug-likeness (QED) is 0.714. The van der Waals surface area contributed by atoms with E-state index in [-0.39, 0.29) is 19.1 Å². The van der Waals surface area contributed by atoms with Gasteiger partial charge in [0, 0.05) is 10.6 Å². The minimum Gasteiger partial charge on any atom is -0.484 e. The summed E-state index contributed by atoms with van der Waals surface area (Å²) in [5.74, 6) is 1.12. The number of hydrogen-bond acceptors (Lipinski definition) is 5. The minimum absolute atomic E-state index is 0.111. The molecule has 2 aromatic carbocycles. The highest BCUT2D eigenvalue weighted by atomic mass is 35.5. The highest BCUT2D eigenvalue weighted by Gasteiger charge is 2.10. The van der Waals surface area contributed by atoms with Crippen molar-refractivity contribution in [3.63, 3.8) is 0 Å². The lowest BCUT2D eigenvalue weighted by Crippen LogP contribution is -2.28. The number of aromatic nitrogens is 2. The molecule has 0 spiro atoms. The van der Waals surface area contributed by atoms with Gasteiger partial charge in [0.1, 0.15) is 5.75 Å². The van der Waals surface area contributed by atoms with E-state index in [4.69, 9.17) is 20.9 Å². The summed E-state index contributed by atoms with van der Waals surface area (Å²) < 4.78 is 10.6. The SMILES string of the molecule is Cc1cccc(-c2noc(CNC(=O)COc3ccc(Cl)c(C)c3)n2)c1. The van der Waals surface area contributed by atoms with Gasteiger partial charge in [-0.2, -0.15) is 4.98 Å². The summed E-state index contributed by atoms with van der Waals surface area (Å²) in [5.41, 5.74) is 2.86. The topological polar surface area (TPSA) is 77.2 Å². The van der Waals surface area contributed by atoms with Crippen LogP contribution in [0.5, 0.6) is 5.75 Å². The van der Waals surface area contributed by atoms with E-state index in [2.05, 4.69) is 15.5 Å². The van der Waals surface area contributed by atoms with Crippen molar-refractivity contribution < 1.29 is 14.1 Å². The molecule has 0 radical (unpaired) electrons. The molecule has 0 aliphatic rings. The number of nitrogens with zero attached hydrogens (tertiary/aromatic N) is 2. The Bertz CT molecular complexity index is 924. The van der Waals surface area contributed by atoms with Crippen molar-refractivity contribution in [3.05, 3.63) is 64.5 Å². The van der Waals surface area contributed by atoms with E-state index in [9.17, 15) is 4.79 Å². The molecular weight excluding hydrogens is 354 g/mol. The Morgan fingerprint density at radius 3 is 2.85 bits per heavy atom. The summed E-state index contributed by atoms with van der Waals surface area (Å²) >= 11 is 5.96. The number of halogens is 1. The number of rotatable bonds is 6. The van der Waals surface area contributed by atoms with Crippen LogP contribution in [0.1, 0.15) is 17.0 Å². The van der Waals surface area contributed by atoms with E-state index in [0.29, 0.717) is 22.5 Å². The second-order valence-electron chi connectivity index (χ2n) is 5.86. The highest BCUT2D eigenvalue weighted by molar-refractivity contribution is 6.31. The predicted molar refractivity (Wildman–Crippen MR) is 98.0 cm³/mol. The van der Waals surface area contributed by atoms with E-state index in [1.165, 1.54) is 0 Å². The van der Waals surface area contributed by atoms with Gasteiger partial charge in [0.2, 0.25) is 11.7 Å². The largest absolute Gasteiger partial charge is 0.484 e. The summed E-state index contributed by atoms with van der Waals surface area (Å²) in [6, 6.07) is 13.0. The van der Waals surface area contributed by atoms with Crippen LogP contribution in [0.15, 0.2) is 47.0 Å². The van der Waals surface area contributed by atoms with Crippen molar-refractivity contribution in [1.29, 1.82) is 0 Å². The maximum atomic E-state index is 11.9. The molecule has 7 heteroatoms. The van der Waals surface area contributed by atoms with Crippen LogP contribution in [0.25, 0.3) is 11.4 Å². The van der Waals surface area contributed by atoms with Crippen LogP contribution in [-0.4, -0.2) is 22.7 Å². The normalized spacial score (nSPS) is 10.6. The summed E-state index contributed by atoms with van der Waals surface area (Å²) in [5, 5.41) is 7.28. The summed E-state index contributed by atoms with van der Waals surface area (Å²) in [6.07, 6.45) is 0. The van der Waals surface area contributed by atoms with Crippen molar-refractivity contribution in [2.24, 2.45) is 0 Å². The fourth-order valence-corrected chi connectivity index (χ4v) is 2.43. The zero-order chi connectivity index (χ0) is 18.5. The van der Waals surface area contributed by atoms with Crippen LogP contribution in [0.4, 0.5) is 0 Å². The third kappa shape index (κ3) is 4.61. The van der Waals surface area contributed by atoms with E-state index >= 15 is 0 Å². The average Bonchev–Trinajstić information content (AvgIpc) is 3.10. The van der Waals surface area contributed by atoms with E-state index in [0.717, 1.165) is 16.7 Å². The van der Waals surface area contributed by atoms with Crippen LogP contribution in [0, 0.1) is 13.8 Å². The second-order valence-corrected chi connectivity index (χ2v) is 6.26. The highest BCUT2D eigenvalue weighted by Crippen LogP contribution is 2.21. The van der Waals surface area contributed by atoms with Crippen molar-refractivity contribution in [1.82, 2.24) is 15.5 Å². The third-order valence-electron chi connectivity index (χ3n) is 3.68. The Labute approximate surface area is 156 Å². The van der Waals surface area contributed by atoms with Crippen LogP contribution in [-0.2, 0) is 11.3 Å². The lowest BCUT2D eigenvalue weighted by molar-refractivity contribution is -0.123. The molecule has 0 saturated heterocycles. The molecule has 0 unspecified atom stereocenters. The number of benzene rings is 2. The zero-order valence-corrected chi connectivity index (χ0v) is 15.2. The molecule has 0 atom stereocenters. The smallest absolute Gasteiger partial charge is 0.258 e. The minimum atomic E-state index is -0.284. The summed E-state index contributed by atoms with van der Waals surface area (Å²) in [4.78, 5) is 16.2. The van der Waals surface area contributed by atoms with Crippen LogP contribution in [0.2, 0.25) is 5.02 Å². The Morgan fingerprint density at radius 2 is 2.08 bits per heavy atom. The van der Waals surface area contributed by atoms with Gasteiger partial charge in [-0.1, -0.05) is 40.5 Å². The van der Waals surface area contributed by atoms with Gasteiger partial charge < -0.3 is 14.6 Å². The number of carbonyl (C=O) groups excluding carboxylic acids is 1. The zero-order valence-electron chi connectivity index (χ0n) is 14.5. The number of nitrogens with one attached hydrogen (secondary N) is 1. The van der Waals surface area contributed by atoms with Gasteiger partial charge in [-0.05, 0) is 43.7 Å². The van der Waals surface area contributed by atoms with Gasteiger partial charge in [0.15, 0.2) is 6.61 Å². The van der Waals surface area contributed by atoms with Gasteiger partial charge in [-0.25, -0.2) is 0 Å². The van der Waals surface area contributed by atoms with E-state index in [1.807, 2.05) is 38.1 Å². The van der Waals surface area contributed by atoms with Crippen molar-refractivity contribution in [2.75, 3.05) is 6.61 Å². The molecule has 3 aromatic rings. The van der Waals surface area contributed by atoms with Crippen molar-refractivity contribution in [3.8, 4) is 17.1 Å². The first-order valence-electron chi connectivity index (χ1n) is 8.06. The lowest BCUT2D eigenvalue weighted by Gasteiger charge is -2.07. The van der Waals surface area contributed by atoms with Crippen LogP contribution in [0.3, 0.4) is 0 Å². The summed E-state index contributed by atoms with van der Waals surface area (Å²) in [7, 11) is 0. The Morgan fingerprint density at radius 1 is 1.23 bits per heavy atom. The molecule has 0 saturated carbocycles. The number of amides is 1. The first-order chi connectivity index (χ1) is 12.5. The molecule has 0 fully saturated rings. The fourth-order valence-electron chi connectivity index (χ4n) is 2.31. The molecule has 1 aromatic heterocycles. The Balaban J connectivity index is 1.51. The molecule has 0 bridgehead atoms. The van der Waals surface area contributed by atoms with E-state index in [1.54, 1.807) is 18.2 Å². The molecule has 0 aliphatic carbocycles. The van der Waals surface area contributed by atoms with Gasteiger partial charge in [0.25, 0.3) is 5.91 Å². The molecule has 6 nitrogen and oxygen atoms in total. The summed E-state index contributed by atoms with van der Waals surface area (Å²) in [6.45, 7) is 3.89. The van der Waals surface area contributed by atoms with Gasteiger partial charge in [-0.15, -0.1) is 0 Å². The molecule has 0 aliphatic heterocycles. The maximum Gasteiger partial charge on any atom is 0.258 e.